The van der Waals surface area contributed by atoms with Crippen molar-refractivity contribution < 1.29 is 0 Å². The molecule has 0 fully saturated rings. The molecule has 1 unspecified atom stereocenters. The van der Waals surface area contributed by atoms with E-state index in [0.717, 1.165) is 0 Å². The zero-order valence-corrected chi connectivity index (χ0v) is 15.2. The Morgan fingerprint density at radius 2 is 1.82 bits per heavy atom. The van der Waals surface area contributed by atoms with E-state index in [1.54, 1.807) is 13.2 Å². The van der Waals surface area contributed by atoms with Crippen LogP contribution in [0.1, 0.15) is 44.9 Å². The molecule has 0 spiro atoms. The summed E-state index contributed by atoms with van der Waals surface area (Å²) in [6.45, 7) is 8.67. The molecule has 1 heterocycles. The molecule has 1 atom stereocenters. The summed E-state index contributed by atoms with van der Waals surface area (Å²) in [6, 6.07) is 8.65. The molecule has 0 bridgehead atoms. The minimum atomic E-state index is -0.153. The van der Waals surface area contributed by atoms with Crippen LogP contribution in [0.4, 0.5) is 5.69 Å². The number of halogens is 1. The van der Waals surface area contributed by atoms with Gasteiger partial charge in [-0.25, -0.2) is 4.68 Å². The predicted octanol–water partition coefficient (Wildman–Crippen LogP) is 4.01. The topological polar surface area (TPSA) is 46.9 Å². The van der Waals surface area contributed by atoms with Gasteiger partial charge < -0.3 is 5.32 Å². The Kier molecular flexibility index (Phi) is 4.75. The highest BCUT2D eigenvalue weighted by atomic mass is 79.9. The Balaban J connectivity index is 2.21. The van der Waals surface area contributed by atoms with Crippen molar-refractivity contribution in [2.24, 2.45) is 7.05 Å². The van der Waals surface area contributed by atoms with Gasteiger partial charge in [-0.2, -0.15) is 5.10 Å². The largest absolute Gasteiger partial charge is 0.376 e. The highest BCUT2D eigenvalue weighted by Gasteiger charge is 2.15. The van der Waals surface area contributed by atoms with Crippen molar-refractivity contribution in [3.05, 3.63) is 56.4 Å². The van der Waals surface area contributed by atoms with Crippen molar-refractivity contribution in [2.75, 3.05) is 5.32 Å². The summed E-state index contributed by atoms with van der Waals surface area (Å²) < 4.78 is 1.81. The summed E-state index contributed by atoms with van der Waals surface area (Å²) in [4.78, 5) is 11.9. The maximum atomic E-state index is 11.9. The first-order chi connectivity index (χ1) is 10.2. The van der Waals surface area contributed by atoms with Crippen LogP contribution in [0, 0.1) is 0 Å². The molecule has 22 heavy (non-hydrogen) atoms. The number of anilines is 1. The highest BCUT2D eigenvalue weighted by molar-refractivity contribution is 9.10. The number of aryl methyl sites for hydroxylation is 1. The van der Waals surface area contributed by atoms with Gasteiger partial charge >= 0.3 is 0 Å². The molecule has 2 rings (SSSR count). The predicted molar refractivity (Wildman–Crippen MR) is 94.4 cm³/mol. The van der Waals surface area contributed by atoms with Gasteiger partial charge in [-0.3, -0.25) is 4.79 Å². The fourth-order valence-corrected chi connectivity index (χ4v) is 2.67. The van der Waals surface area contributed by atoms with Crippen LogP contribution in [0.25, 0.3) is 0 Å². The molecule has 1 aromatic heterocycles. The summed E-state index contributed by atoms with van der Waals surface area (Å²) in [7, 11) is 1.63. The van der Waals surface area contributed by atoms with Crippen molar-refractivity contribution in [2.45, 2.75) is 39.2 Å². The number of rotatable bonds is 3. The molecule has 1 aromatic carbocycles. The van der Waals surface area contributed by atoms with Gasteiger partial charge in [0.05, 0.1) is 11.9 Å². The standard InChI is InChI=1S/C17H22BrN3O/c1-11(12-6-8-13(9-7-12)17(2,3)4)20-14-10-19-21(5)16(22)15(14)18/h6-11,20H,1-5H3. The molecule has 0 saturated carbocycles. The van der Waals surface area contributed by atoms with Gasteiger partial charge in [-0.15, -0.1) is 0 Å². The van der Waals surface area contributed by atoms with Gasteiger partial charge in [0.25, 0.3) is 5.56 Å². The maximum Gasteiger partial charge on any atom is 0.282 e. The molecule has 0 saturated heterocycles. The molecule has 0 aliphatic carbocycles. The average Bonchev–Trinajstić information content (AvgIpc) is 2.47. The first-order valence-corrected chi connectivity index (χ1v) is 8.08. The zero-order valence-electron chi connectivity index (χ0n) is 13.6. The van der Waals surface area contributed by atoms with Crippen molar-refractivity contribution in [1.29, 1.82) is 0 Å². The fourth-order valence-electron chi connectivity index (χ4n) is 2.20. The summed E-state index contributed by atoms with van der Waals surface area (Å²) in [5.41, 5.74) is 3.17. The molecule has 1 N–H and O–H groups in total. The Morgan fingerprint density at radius 1 is 1.23 bits per heavy atom. The van der Waals surface area contributed by atoms with Gasteiger partial charge in [0, 0.05) is 13.1 Å². The second-order valence-electron chi connectivity index (χ2n) is 6.54. The van der Waals surface area contributed by atoms with E-state index in [1.807, 2.05) is 0 Å². The lowest BCUT2D eigenvalue weighted by atomic mass is 9.86. The van der Waals surface area contributed by atoms with Crippen LogP contribution in [0.3, 0.4) is 0 Å². The number of hydrogen-bond donors (Lipinski definition) is 1. The van der Waals surface area contributed by atoms with Crippen molar-refractivity contribution in [3.8, 4) is 0 Å². The molecule has 4 nitrogen and oxygen atoms in total. The number of nitrogens with one attached hydrogen (secondary N) is 1. The van der Waals surface area contributed by atoms with E-state index in [4.69, 9.17) is 0 Å². The third kappa shape index (κ3) is 3.58. The molecule has 0 aliphatic heterocycles. The lowest BCUT2D eigenvalue weighted by Gasteiger charge is -2.21. The average molecular weight is 364 g/mol. The molecule has 118 valence electrons. The van der Waals surface area contributed by atoms with Crippen LogP contribution in [0.2, 0.25) is 0 Å². The van der Waals surface area contributed by atoms with Crippen LogP contribution in [0.5, 0.6) is 0 Å². The van der Waals surface area contributed by atoms with Gasteiger partial charge in [0.1, 0.15) is 4.47 Å². The normalized spacial score (nSPS) is 13.0. The second-order valence-corrected chi connectivity index (χ2v) is 7.33. The van der Waals surface area contributed by atoms with Crippen molar-refractivity contribution >= 4 is 21.6 Å². The Labute approximate surface area is 139 Å². The highest BCUT2D eigenvalue weighted by Crippen LogP contribution is 2.26. The Bertz CT molecular complexity index is 714. The summed E-state index contributed by atoms with van der Waals surface area (Å²) in [5.74, 6) is 0. The van der Waals surface area contributed by atoms with E-state index >= 15 is 0 Å². The fraction of sp³-hybridized carbons (Fsp3) is 0.412. The minimum Gasteiger partial charge on any atom is -0.376 e. The lowest BCUT2D eigenvalue weighted by Crippen LogP contribution is -2.22. The van der Waals surface area contributed by atoms with E-state index in [2.05, 4.69) is 78.3 Å². The molecule has 5 heteroatoms. The molecule has 0 radical (unpaired) electrons. The number of hydrogen-bond acceptors (Lipinski definition) is 3. The van der Waals surface area contributed by atoms with Crippen LogP contribution >= 0.6 is 15.9 Å². The van der Waals surface area contributed by atoms with Gasteiger partial charge in [-0.1, -0.05) is 45.0 Å². The minimum absolute atomic E-state index is 0.0826. The Hall–Kier alpha value is -1.62. The van der Waals surface area contributed by atoms with Crippen molar-refractivity contribution in [1.82, 2.24) is 9.78 Å². The first-order valence-electron chi connectivity index (χ1n) is 7.29. The molecule has 2 aromatic rings. The Morgan fingerprint density at radius 3 is 2.36 bits per heavy atom. The third-order valence-electron chi connectivity index (χ3n) is 3.73. The van der Waals surface area contributed by atoms with E-state index in [-0.39, 0.29) is 17.0 Å². The van der Waals surface area contributed by atoms with E-state index in [0.29, 0.717) is 10.2 Å². The monoisotopic (exact) mass is 363 g/mol. The SMILES string of the molecule is CC(Nc1cnn(C)c(=O)c1Br)c1ccc(C(C)(C)C)cc1. The number of benzene rings is 1. The number of nitrogens with zero attached hydrogens (tertiary/aromatic N) is 2. The lowest BCUT2D eigenvalue weighted by molar-refractivity contribution is 0.589. The van der Waals surface area contributed by atoms with Gasteiger partial charge in [0.15, 0.2) is 0 Å². The molecule has 0 aliphatic rings. The molecular formula is C17H22BrN3O. The maximum absolute atomic E-state index is 11.9. The van der Waals surface area contributed by atoms with E-state index < -0.39 is 0 Å². The summed E-state index contributed by atoms with van der Waals surface area (Å²) in [6.07, 6.45) is 1.66. The molecular weight excluding hydrogens is 342 g/mol. The number of aromatic nitrogens is 2. The second kappa shape index (κ2) is 6.24. The quantitative estimate of drug-likeness (QED) is 0.895. The summed E-state index contributed by atoms with van der Waals surface area (Å²) in [5, 5.41) is 7.37. The van der Waals surface area contributed by atoms with Crippen LogP contribution < -0.4 is 10.9 Å². The zero-order chi connectivity index (χ0) is 16.5. The first kappa shape index (κ1) is 16.7. The van der Waals surface area contributed by atoms with Crippen molar-refractivity contribution in [3.63, 3.8) is 0 Å². The van der Waals surface area contributed by atoms with Gasteiger partial charge in [-0.05, 0) is 39.4 Å². The summed E-state index contributed by atoms with van der Waals surface area (Å²) >= 11 is 3.33. The van der Waals surface area contributed by atoms with E-state index in [9.17, 15) is 4.79 Å². The van der Waals surface area contributed by atoms with Crippen LogP contribution in [0.15, 0.2) is 39.7 Å². The van der Waals surface area contributed by atoms with Crippen LogP contribution in [-0.4, -0.2) is 9.78 Å². The van der Waals surface area contributed by atoms with E-state index in [1.165, 1.54) is 15.8 Å². The smallest absolute Gasteiger partial charge is 0.282 e. The molecule has 0 amide bonds. The van der Waals surface area contributed by atoms with Gasteiger partial charge in [0.2, 0.25) is 0 Å². The third-order valence-corrected chi connectivity index (χ3v) is 4.49. The van der Waals surface area contributed by atoms with Crippen LogP contribution in [-0.2, 0) is 12.5 Å².